The van der Waals surface area contributed by atoms with Crippen molar-refractivity contribution in [3.63, 3.8) is 0 Å². The van der Waals surface area contributed by atoms with Gasteiger partial charge in [0.15, 0.2) is 0 Å². The van der Waals surface area contributed by atoms with Gasteiger partial charge in [-0.1, -0.05) is 29.8 Å². The first kappa shape index (κ1) is 13.3. The van der Waals surface area contributed by atoms with E-state index in [1.807, 2.05) is 20.2 Å². The Labute approximate surface area is 117 Å². The minimum Gasteiger partial charge on any atom is -0.306 e. The molecule has 1 aliphatic carbocycles. The minimum absolute atomic E-state index is 0.719. The zero-order chi connectivity index (χ0) is 13.1. The van der Waals surface area contributed by atoms with Crippen LogP contribution in [0.15, 0.2) is 35.2 Å². The number of aromatic nitrogens is 2. The van der Waals surface area contributed by atoms with Crippen LogP contribution in [0.5, 0.6) is 0 Å². The third kappa shape index (κ3) is 2.83. The molecular formula is C15H19BrN2. The second kappa shape index (κ2) is 5.70. The molecule has 0 aliphatic heterocycles. The maximum absolute atomic E-state index is 4.47. The molecule has 0 unspecified atom stereocenters. The molecule has 96 valence electrons. The first-order valence-corrected chi connectivity index (χ1v) is 7.34. The van der Waals surface area contributed by atoms with Gasteiger partial charge in [-0.15, -0.1) is 0 Å². The molecule has 0 atom stereocenters. The van der Waals surface area contributed by atoms with Gasteiger partial charge >= 0.3 is 0 Å². The van der Waals surface area contributed by atoms with Gasteiger partial charge in [0.25, 0.3) is 0 Å². The molecule has 3 rings (SSSR count). The van der Waals surface area contributed by atoms with Crippen molar-refractivity contribution in [3.05, 3.63) is 46.5 Å². The fourth-order valence-electron chi connectivity index (χ4n) is 1.97. The van der Waals surface area contributed by atoms with E-state index < -0.39 is 0 Å². The molecule has 2 aromatic rings. The van der Waals surface area contributed by atoms with Crippen molar-refractivity contribution >= 4 is 15.9 Å². The Balaban J connectivity index is 0.000000574. The molecule has 0 amide bonds. The summed E-state index contributed by atoms with van der Waals surface area (Å²) >= 11 is 3.48. The molecule has 0 radical (unpaired) electrons. The van der Waals surface area contributed by atoms with Gasteiger partial charge in [0.05, 0.1) is 12.0 Å². The average molecular weight is 307 g/mol. The first-order chi connectivity index (χ1) is 8.74. The zero-order valence-corrected chi connectivity index (χ0v) is 12.7. The normalized spacial score (nSPS) is 14.0. The van der Waals surface area contributed by atoms with Gasteiger partial charge in [0.2, 0.25) is 0 Å². The van der Waals surface area contributed by atoms with E-state index in [-0.39, 0.29) is 0 Å². The highest BCUT2D eigenvalue weighted by Crippen LogP contribution is 2.39. The quantitative estimate of drug-likeness (QED) is 0.775. The topological polar surface area (TPSA) is 17.8 Å². The Kier molecular flexibility index (Phi) is 4.23. The molecule has 1 aliphatic rings. The van der Waals surface area contributed by atoms with E-state index in [9.17, 15) is 0 Å². The van der Waals surface area contributed by atoms with Crippen LogP contribution in [0.4, 0.5) is 0 Å². The standard InChI is InChI=1S/C13H13BrN2.C2H6/c1-9-6-11(14)4-5-13(9)16-7-12(15-8-16)10-2-3-10;1-2/h4-8,10H,2-3H2,1H3;1-2H3. The van der Waals surface area contributed by atoms with E-state index in [1.165, 1.54) is 29.8 Å². The predicted octanol–water partition coefficient (Wildman–Crippen LogP) is 4.85. The van der Waals surface area contributed by atoms with Gasteiger partial charge in [-0.2, -0.15) is 0 Å². The lowest BCUT2D eigenvalue weighted by molar-refractivity contribution is 1.04. The van der Waals surface area contributed by atoms with Gasteiger partial charge in [-0.25, -0.2) is 4.98 Å². The molecule has 0 N–H and O–H groups in total. The summed E-state index contributed by atoms with van der Waals surface area (Å²) in [6, 6.07) is 6.32. The number of aryl methyl sites for hydroxylation is 1. The number of halogens is 1. The summed E-state index contributed by atoms with van der Waals surface area (Å²) < 4.78 is 3.24. The first-order valence-electron chi connectivity index (χ1n) is 6.54. The van der Waals surface area contributed by atoms with Crippen molar-refractivity contribution in [1.29, 1.82) is 0 Å². The monoisotopic (exact) mass is 306 g/mol. The largest absolute Gasteiger partial charge is 0.306 e. The van der Waals surface area contributed by atoms with Crippen molar-refractivity contribution in [2.45, 2.75) is 39.5 Å². The molecule has 3 heteroatoms. The molecule has 1 aromatic carbocycles. The van der Waals surface area contributed by atoms with Crippen molar-refractivity contribution in [2.75, 3.05) is 0 Å². The summed E-state index contributed by atoms with van der Waals surface area (Å²) in [6.45, 7) is 6.12. The maximum atomic E-state index is 4.47. The number of imidazole rings is 1. The number of benzene rings is 1. The highest BCUT2D eigenvalue weighted by Gasteiger charge is 2.25. The Morgan fingerprint density at radius 3 is 2.61 bits per heavy atom. The molecular weight excluding hydrogens is 288 g/mol. The third-order valence-corrected chi connectivity index (χ3v) is 3.53. The highest BCUT2D eigenvalue weighted by molar-refractivity contribution is 9.10. The zero-order valence-electron chi connectivity index (χ0n) is 11.2. The Morgan fingerprint density at radius 2 is 2.00 bits per heavy atom. The third-order valence-electron chi connectivity index (χ3n) is 3.04. The summed E-state index contributed by atoms with van der Waals surface area (Å²) in [6.07, 6.45) is 6.68. The smallest absolute Gasteiger partial charge is 0.0995 e. The fourth-order valence-corrected chi connectivity index (χ4v) is 2.44. The van der Waals surface area contributed by atoms with E-state index >= 15 is 0 Å². The lowest BCUT2D eigenvalue weighted by atomic mass is 10.2. The van der Waals surface area contributed by atoms with E-state index in [1.54, 1.807) is 0 Å². The predicted molar refractivity (Wildman–Crippen MR) is 79.3 cm³/mol. The van der Waals surface area contributed by atoms with Crippen LogP contribution in [-0.4, -0.2) is 9.55 Å². The van der Waals surface area contributed by atoms with Crippen LogP contribution in [0.2, 0.25) is 0 Å². The van der Waals surface area contributed by atoms with Crippen LogP contribution in [0.3, 0.4) is 0 Å². The van der Waals surface area contributed by atoms with Crippen molar-refractivity contribution in [1.82, 2.24) is 9.55 Å². The summed E-state index contributed by atoms with van der Waals surface area (Å²) in [5.41, 5.74) is 3.71. The molecule has 0 spiro atoms. The summed E-state index contributed by atoms with van der Waals surface area (Å²) in [7, 11) is 0. The maximum Gasteiger partial charge on any atom is 0.0995 e. The minimum atomic E-state index is 0.719. The van der Waals surface area contributed by atoms with Crippen molar-refractivity contribution in [3.8, 4) is 5.69 Å². The molecule has 0 bridgehead atoms. The molecule has 1 heterocycles. The SMILES string of the molecule is CC.Cc1cc(Br)ccc1-n1cnc(C2CC2)c1. The van der Waals surface area contributed by atoms with E-state index in [0.717, 1.165) is 10.4 Å². The number of nitrogens with zero attached hydrogens (tertiary/aromatic N) is 2. The number of hydrogen-bond donors (Lipinski definition) is 0. The van der Waals surface area contributed by atoms with Crippen LogP contribution >= 0.6 is 15.9 Å². The molecule has 1 aromatic heterocycles. The Bertz CT molecular complexity index is 527. The summed E-state index contributed by atoms with van der Waals surface area (Å²) in [4.78, 5) is 4.47. The Hall–Kier alpha value is -1.09. The summed E-state index contributed by atoms with van der Waals surface area (Å²) in [5, 5.41) is 0. The van der Waals surface area contributed by atoms with Gasteiger partial charge in [0, 0.05) is 22.3 Å². The van der Waals surface area contributed by atoms with E-state index in [2.05, 4.69) is 56.8 Å². The second-order valence-electron chi connectivity index (χ2n) is 4.41. The van der Waals surface area contributed by atoms with Gasteiger partial charge < -0.3 is 4.57 Å². The van der Waals surface area contributed by atoms with E-state index in [0.29, 0.717) is 0 Å². The van der Waals surface area contributed by atoms with Crippen LogP contribution in [0.25, 0.3) is 5.69 Å². The average Bonchev–Trinajstić information content (AvgIpc) is 3.11. The lowest BCUT2D eigenvalue weighted by Gasteiger charge is -2.06. The van der Waals surface area contributed by atoms with Crippen molar-refractivity contribution < 1.29 is 0 Å². The Morgan fingerprint density at radius 1 is 1.28 bits per heavy atom. The van der Waals surface area contributed by atoms with Crippen LogP contribution < -0.4 is 0 Å². The number of rotatable bonds is 2. The summed E-state index contributed by atoms with van der Waals surface area (Å²) in [5.74, 6) is 0.719. The fraction of sp³-hybridized carbons (Fsp3) is 0.400. The lowest BCUT2D eigenvalue weighted by Crippen LogP contribution is -1.93. The van der Waals surface area contributed by atoms with Gasteiger partial charge in [-0.3, -0.25) is 0 Å². The molecule has 18 heavy (non-hydrogen) atoms. The molecule has 2 nitrogen and oxygen atoms in total. The van der Waals surface area contributed by atoms with Gasteiger partial charge in [-0.05, 0) is 43.5 Å². The van der Waals surface area contributed by atoms with Gasteiger partial charge in [0.1, 0.15) is 0 Å². The number of hydrogen-bond acceptors (Lipinski definition) is 1. The van der Waals surface area contributed by atoms with Crippen LogP contribution in [0.1, 0.15) is 43.9 Å². The molecule has 1 fully saturated rings. The molecule has 1 saturated carbocycles. The van der Waals surface area contributed by atoms with Crippen molar-refractivity contribution in [2.24, 2.45) is 0 Å². The highest BCUT2D eigenvalue weighted by atomic mass is 79.9. The van der Waals surface area contributed by atoms with Crippen LogP contribution in [-0.2, 0) is 0 Å². The molecule has 0 saturated heterocycles. The van der Waals surface area contributed by atoms with Crippen LogP contribution in [0, 0.1) is 6.92 Å². The second-order valence-corrected chi connectivity index (χ2v) is 5.33. The van der Waals surface area contributed by atoms with E-state index in [4.69, 9.17) is 0 Å².